The maximum atomic E-state index is 12.1. The van der Waals surface area contributed by atoms with E-state index in [9.17, 15) is 14.4 Å². The molecule has 2 aromatic rings. The summed E-state index contributed by atoms with van der Waals surface area (Å²) in [4.78, 5) is 35.7. The molecule has 1 aliphatic heterocycles. The molecule has 0 radical (unpaired) electrons. The molecule has 1 unspecified atom stereocenters. The van der Waals surface area contributed by atoms with E-state index in [1.54, 1.807) is 19.1 Å². The van der Waals surface area contributed by atoms with Crippen LogP contribution in [0.25, 0.3) is 0 Å². The van der Waals surface area contributed by atoms with E-state index in [1.165, 1.54) is 12.3 Å². The first-order valence-electron chi connectivity index (χ1n) is 6.87. The summed E-state index contributed by atoms with van der Waals surface area (Å²) in [6.45, 7) is 1.98. The minimum Gasteiger partial charge on any atom is -0.463 e. The summed E-state index contributed by atoms with van der Waals surface area (Å²) in [5.74, 6) is -1.36. The molecule has 0 spiro atoms. The molecule has 0 saturated carbocycles. The van der Waals surface area contributed by atoms with E-state index in [1.807, 2.05) is 0 Å². The van der Waals surface area contributed by atoms with E-state index in [4.69, 9.17) is 13.9 Å². The van der Waals surface area contributed by atoms with Gasteiger partial charge < -0.3 is 19.2 Å². The summed E-state index contributed by atoms with van der Waals surface area (Å²) < 4.78 is 14.9. The number of esters is 2. The van der Waals surface area contributed by atoms with Gasteiger partial charge in [-0.05, 0) is 30.7 Å². The van der Waals surface area contributed by atoms with Crippen molar-refractivity contribution in [1.29, 1.82) is 0 Å². The van der Waals surface area contributed by atoms with Gasteiger partial charge >= 0.3 is 11.9 Å². The van der Waals surface area contributed by atoms with Crippen molar-refractivity contribution in [2.45, 2.75) is 19.4 Å². The Morgan fingerprint density at radius 3 is 2.91 bits per heavy atom. The number of ether oxygens (including phenoxy) is 2. The van der Waals surface area contributed by atoms with Gasteiger partial charge in [-0.3, -0.25) is 4.79 Å². The van der Waals surface area contributed by atoms with Gasteiger partial charge in [0.1, 0.15) is 4.88 Å². The molecular formula is C15H13NO6S. The molecule has 23 heavy (non-hydrogen) atoms. The predicted octanol–water partition coefficient (Wildman–Crippen LogP) is 2.37. The van der Waals surface area contributed by atoms with Crippen LogP contribution in [0.3, 0.4) is 0 Å². The number of rotatable bonds is 4. The quantitative estimate of drug-likeness (QED) is 0.862. The SMILES string of the molecule is Cc1cc(NC(=O)c2ccco2)sc1C(=O)OC1CCOC1=O. The molecular weight excluding hydrogens is 322 g/mol. The number of furan rings is 1. The molecule has 0 aliphatic carbocycles. The Kier molecular flexibility index (Phi) is 4.16. The van der Waals surface area contributed by atoms with Crippen molar-refractivity contribution in [3.8, 4) is 0 Å². The minimum atomic E-state index is -0.856. The third-order valence-corrected chi connectivity index (χ3v) is 4.35. The molecule has 1 amide bonds. The van der Waals surface area contributed by atoms with Gasteiger partial charge in [0.15, 0.2) is 5.76 Å². The highest BCUT2D eigenvalue weighted by molar-refractivity contribution is 7.18. The summed E-state index contributed by atoms with van der Waals surface area (Å²) in [6, 6.07) is 4.81. The second-order valence-corrected chi connectivity index (χ2v) is 5.96. The number of aryl methyl sites for hydroxylation is 1. The van der Waals surface area contributed by atoms with E-state index < -0.39 is 23.9 Å². The zero-order valence-corrected chi connectivity index (χ0v) is 13.0. The van der Waals surface area contributed by atoms with Gasteiger partial charge in [0.25, 0.3) is 5.91 Å². The molecule has 1 aliphatic rings. The molecule has 0 aromatic carbocycles. The fourth-order valence-corrected chi connectivity index (χ4v) is 3.05. The predicted molar refractivity (Wildman–Crippen MR) is 80.5 cm³/mol. The van der Waals surface area contributed by atoms with Crippen LogP contribution in [0.5, 0.6) is 0 Å². The number of carbonyl (C=O) groups is 3. The Balaban J connectivity index is 1.69. The number of hydrogen-bond acceptors (Lipinski definition) is 7. The van der Waals surface area contributed by atoms with Gasteiger partial charge in [-0.25, -0.2) is 9.59 Å². The molecule has 8 heteroatoms. The topological polar surface area (TPSA) is 94.8 Å². The molecule has 3 rings (SSSR count). The number of thiophene rings is 1. The van der Waals surface area contributed by atoms with Gasteiger partial charge in [0, 0.05) is 6.42 Å². The van der Waals surface area contributed by atoms with Gasteiger partial charge in [-0.2, -0.15) is 0 Å². The van der Waals surface area contributed by atoms with E-state index >= 15 is 0 Å². The third kappa shape index (κ3) is 3.26. The highest BCUT2D eigenvalue weighted by Crippen LogP contribution is 2.28. The first kappa shape index (κ1) is 15.3. The zero-order chi connectivity index (χ0) is 16.4. The number of amides is 1. The molecule has 2 aromatic heterocycles. The second-order valence-electron chi connectivity index (χ2n) is 4.90. The average Bonchev–Trinajstić information content (AvgIpc) is 3.22. The first-order valence-corrected chi connectivity index (χ1v) is 7.69. The van der Waals surface area contributed by atoms with Crippen molar-refractivity contribution in [1.82, 2.24) is 0 Å². The minimum absolute atomic E-state index is 0.175. The first-order chi connectivity index (χ1) is 11.0. The van der Waals surface area contributed by atoms with Crippen LogP contribution in [0.15, 0.2) is 28.9 Å². The van der Waals surface area contributed by atoms with Gasteiger partial charge in [0.2, 0.25) is 6.10 Å². The Hall–Kier alpha value is -2.61. The highest BCUT2D eigenvalue weighted by Gasteiger charge is 2.31. The van der Waals surface area contributed by atoms with Crippen molar-refractivity contribution in [3.05, 3.63) is 40.7 Å². The van der Waals surface area contributed by atoms with E-state index in [-0.39, 0.29) is 12.4 Å². The van der Waals surface area contributed by atoms with Gasteiger partial charge in [-0.1, -0.05) is 0 Å². The number of cyclic esters (lactones) is 1. The van der Waals surface area contributed by atoms with Crippen LogP contribution < -0.4 is 5.32 Å². The number of nitrogens with one attached hydrogen (secondary N) is 1. The molecule has 120 valence electrons. The standard InChI is InChI=1S/C15H13NO6S/c1-8-7-11(16-13(17)9-3-2-5-20-9)23-12(8)15(19)22-10-4-6-21-14(10)18/h2-3,5,7,10H,4,6H2,1H3,(H,16,17). The summed E-state index contributed by atoms with van der Waals surface area (Å²) in [5, 5.41) is 3.14. The lowest BCUT2D eigenvalue weighted by molar-refractivity contribution is -0.145. The lowest BCUT2D eigenvalue weighted by Crippen LogP contribution is -2.22. The van der Waals surface area contributed by atoms with Crippen LogP contribution in [-0.2, 0) is 14.3 Å². The van der Waals surface area contributed by atoms with Crippen LogP contribution in [0, 0.1) is 6.92 Å². The van der Waals surface area contributed by atoms with Crippen LogP contribution in [-0.4, -0.2) is 30.6 Å². The Morgan fingerprint density at radius 1 is 1.43 bits per heavy atom. The monoisotopic (exact) mass is 335 g/mol. The molecule has 1 atom stereocenters. The normalized spacial score (nSPS) is 16.9. The van der Waals surface area contributed by atoms with Crippen molar-refractivity contribution in [2.24, 2.45) is 0 Å². The van der Waals surface area contributed by atoms with Gasteiger partial charge in [-0.15, -0.1) is 11.3 Å². The molecule has 0 bridgehead atoms. The average molecular weight is 335 g/mol. The zero-order valence-electron chi connectivity index (χ0n) is 12.2. The van der Waals surface area contributed by atoms with Crippen LogP contribution in [0.4, 0.5) is 5.00 Å². The summed E-state index contributed by atoms with van der Waals surface area (Å²) in [5.41, 5.74) is 0.654. The van der Waals surface area contributed by atoms with Crippen LogP contribution in [0.1, 0.15) is 32.2 Å². The van der Waals surface area contributed by atoms with E-state index in [0.717, 1.165) is 11.3 Å². The Labute approximate surface area is 135 Å². The van der Waals surface area contributed by atoms with Crippen molar-refractivity contribution in [2.75, 3.05) is 11.9 Å². The second kappa shape index (κ2) is 6.25. The summed E-state index contributed by atoms with van der Waals surface area (Å²) in [7, 11) is 0. The smallest absolute Gasteiger partial charge is 0.349 e. The van der Waals surface area contributed by atoms with Crippen molar-refractivity contribution >= 4 is 34.2 Å². The molecule has 1 N–H and O–H groups in total. The largest absolute Gasteiger partial charge is 0.463 e. The van der Waals surface area contributed by atoms with Crippen molar-refractivity contribution < 1.29 is 28.3 Å². The van der Waals surface area contributed by atoms with Crippen molar-refractivity contribution in [3.63, 3.8) is 0 Å². The third-order valence-electron chi connectivity index (χ3n) is 3.22. The maximum Gasteiger partial charge on any atom is 0.349 e. The molecule has 1 fully saturated rings. The van der Waals surface area contributed by atoms with E-state index in [0.29, 0.717) is 21.9 Å². The molecule has 7 nitrogen and oxygen atoms in total. The summed E-state index contributed by atoms with van der Waals surface area (Å²) >= 11 is 1.08. The molecule has 1 saturated heterocycles. The highest BCUT2D eigenvalue weighted by atomic mass is 32.1. The number of hydrogen-bond donors (Lipinski definition) is 1. The number of anilines is 1. The Bertz CT molecular complexity index is 748. The fraction of sp³-hybridized carbons (Fsp3) is 0.267. The lowest BCUT2D eigenvalue weighted by atomic mass is 10.2. The fourth-order valence-electron chi connectivity index (χ4n) is 2.09. The number of carbonyl (C=O) groups excluding carboxylic acids is 3. The molecule has 3 heterocycles. The van der Waals surface area contributed by atoms with E-state index in [2.05, 4.69) is 5.32 Å². The van der Waals surface area contributed by atoms with Crippen LogP contribution in [0.2, 0.25) is 0 Å². The lowest BCUT2D eigenvalue weighted by Gasteiger charge is -2.07. The summed E-state index contributed by atoms with van der Waals surface area (Å²) in [6.07, 6.45) is 0.903. The maximum absolute atomic E-state index is 12.1. The Morgan fingerprint density at radius 2 is 2.26 bits per heavy atom. The van der Waals surface area contributed by atoms with Gasteiger partial charge in [0.05, 0.1) is 17.9 Å². The van der Waals surface area contributed by atoms with Crippen LogP contribution >= 0.6 is 11.3 Å².